The van der Waals surface area contributed by atoms with Gasteiger partial charge in [0.1, 0.15) is 5.82 Å². The summed E-state index contributed by atoms with van der Waals surface area (Å²) >= 11 is 1.60. The molecule has 1 amide bonds. The first-order valence-electron chi connectivity index (χ1n) is 7.92. The van der Waals surface area contributed by atoms with Crippen molar-refractivity contribution < 1.29 is 19.1 Å². The zero-order valence-electron chi connectivity index (χ0n) is 13.0. The van der Waals surface area contributed by atoms with Crippen LogP contribution in [0.2, 0.25) is 0 Å². The molecule has 126 valence electrons. The van der Waals surface area contributed by atoms with Crippen LogP contribution in [0.15, 0.2) is 29.6 Å². The van der Waals surface area contributed by atoms with Crippen molar-refractivity contribution in [3.63, 3.8) is 0 Å². The monoisotopic (exact) mass is 347 g/mol. The number of hydrogen-bond acceptors (Lipinski definition) is 3. The lowest BCUT2D eigenvalue weighted by molar-refractivity contribution is -0.138. The molecule has 0 saturated heterocycles. The smallest absolute Gasteiger partial charge is 0.312 e. The van der Waals surface area contributed by atoms with Crippen molar-refractivity contribution in [1.82, 2.24) is 5.32 Å². The van der Waals surface area contributed by atoms with Gasteiger partial charge in [0.2, 0.25) is 0 Å². The second-order valence-electron chi connectivity index (χ2n) is 5.91. The maximum atomic E-state index is 13.0. The topological polar surface area (TPSA) is 66.4 Å². The molecule has 24 heavy (non-hydrogen) atoms. The highest BCUT2D eigenvalue weighted by atomic mass is 32.1. The average Bonchev–Trinajstić information content (AvgIpc) is 3.00. The number of aryl methyl sites for hydroxylation is 1. The zero-order valence-corrected chi connectivity index (χ0v) is 13.9. The number of nitrogens with one attached hydrogen (secondary N) is 1. The van der Waals surface area contributed by atoms with E-state index in [4.69, 9.17) is 0 Å². The number of aliphatic carboxylic acids is 1. The summed E-state index contributed by atoms with van der Waals surface area (Å²) in [6, 6.07) is 5.32. The summed E-state index contributed by atoms with van der Waals surface area (Å²) in [5.74, 6) is -2.60. The number of carbonyl (C=O) groups is 2. The molecule has 6 heteroatoms. The number of benzene rings is 1. The van der Waals surface area contributed by atoms with Crippen LogP contribution in [-0.2, 0) is 17.6 Å². The van der Waals surface area contributed by atoms with E-state index in [1.165, 1.54) is 29.1 Å². The predicted molar refractivity (Wildman–Crippen MR) is 90.1 cm³/mol. The van der Waals surface area contributed by atoms with Gasteiger partial charge in [0.05, 0.1) is 11.5 Å². The number of amides is 1. The summed E-state index contributed by atoms with van der Waals surface area (Å²) in [4.78, 5) is 25.2. The molecule has 4 nitrogen and oxygen atoms in total. The Kier molecular flexibility index (Phi) is 4.94. The Morgan fingerprint density at radius 2 is 1.92 bits per heavy atom. The van der Waals surface area contributed by atoms with E-state index in [1.807, 2.05) is 5.38 Å². The third-order valence-corrected chi connectivity index (χ3v) is 5.43. The van der Waals surface area contributed by atoms with E-state index >= 15 is 0 Å². The Bertz CT molecular complexity index is 754. The Hall–Kier alpha value is -2.21. The number of carbonyl (C=O) groups excluding carboxylic acids is 1. The van der Waals surface area contributed by atoms with E-state index in [1.54, 1.807) is 11.3 Å². The number of halogens is 1. The van der Waals surface area contributed by atoms with Crippen molar-refractivity contribution in [3.05, 3.63) is 57.0 Å². The van der Waals surface area contributed by atoms with Gasteiger partial charge in [0.15, 0.2) is 0 Å². The molecule has 0 radical (unpaired) electrons. The molecular formula is C18H18FNO3S. The van der Waals surface area contributed by atoms with E-state index in [2.05, 4.69) is 5.32 Å². The summed E-state index contributed by atoms with van der Waals surface area (Å²) in [6.45, 7) is -0.0234. The van der Waals surface area contributed by atoms with Crippen LogP contribution in [0.25, 0.3) is 0 Å². The van der Waals surface area contributed by atoms with Crippen LogP contribution in [0, 0.1) is 5.82 Å². The molecule has 0 aliphatic heterocycles. The molecule has 2 N–H and O–H groups in total. The van der Waals surface area contributed by atoms with Crippen LogP contribution in [0.3, 0.4) is 0 Å². The third kappa shape index (κ3) is 3.48. The molecule has 0 fully saturated rings. The highest BCUT2D eigenvalue weighted by Gasteiger charge is 2.24. The molecule has 1 aromatic heterocycles. The van der Waals surface area contributed by atoms with Gasteiger partial charge in [0, 0.05) is 16.8 Å². The van der Waals surface area contributed by atoms with Crippen LogP contribution in [0.4, 0.5) is 4.39 Å². The van der Waals surface area contributed by atoms with Gasteiger partial charge >= 0.3 is 5.97 Å². The molecule has 1 aliphatic carbocycles. The van der Waals surface area contributed by atoms with Crippen LogP contribution in [-0.4, -0.2) is 23.5 Å². The Balaban J connectivity index is 1.70. The summed E-state index contributed by atoms with van der Waals surface area (Å²) in [5, 5.41) is 14.0. The highest BCUT2D eigenvalue weighted by Crippen LogP contribution is 2.30. The molecule has 1 aliphatic rings. The lowest BCUT2D eigenvalue weighted by Gasteiger charge is -2.15. The molecule has 2 aromatic rings. The summed E-state index contributed by atoms with van der Waals surface area (Å²) < 4.78 is 13.0. The van der Waals surface area contributed by atoms with Gasteiger partial charge in [-0.25, -0.2) is 4.39 Å². The van der Waals surface area contributed by atoms with Crippen LogP contribution < -0.4 is 5.32 Å². The molecule has 3 rings (SSSR count). The lowest BCUT2D eigenvalue weighted by Crippen LogP contribution is -2.32. The second kappa shape index (κ2) is 7.13. The SMILES string of the molecule is O=C(NCC(C(=O)O)c1ccc(F)cc1)c1csc2c1CCCC2. The fourth-order valence-electron chi connectivity index (χ4n) is 3.02. The van der Waals surface area contributed by atoms with Crippen molar-refractivity contribution >= 4 is 23.2 Å². The number of fused-ring (bicyclic) bond motifs is 1. The first-order valence-corrected chi connectivity index (χ1v) is 8.80. The van der Waals surface area contributed by atoms with Gasteiger partial charge in [-0.05, 0) is 48.9 Å². The van der Waals surface area contributed by atoms with Crippen molar-refractivity contribution in [3.8, 4) is 0 Å². The minimum Gasteiger partial charge on any atom is -0.481 e. The maximum Gasteiger partial charge on any atom is 0.312 e. The number of hydrogen-bond donors (Lipinski definition) is 2. The van der Waals surface area contributed by atoms with Gasteiger partial charge in [-0.15, -0.1) is 11.3 Å². The predicted octanol–water partition coefficient (Wildman–Crippen LogP) is 3.36. The van der Waals surface area contributed by atoms with E-state index in [0.29, 0.717) is 11.1 Å². The second-order valence-corrected chi connectivity index (χ2v) is 6.87. The van der Waals surface area contributed by atoms with Gasteiger partial charge < -0.3 is 10.4 Å². The van der Waals surface area contributed by atoms with Crippen molar-refractivity contribution in [2.45, 2.75) is 31.6 Å². The quantitative estimate of drug-likeness (QED) is 0.871. The largest absolute Gasteiger partial charge is 0.481 e. The lowest BCUT2D eigenvalue weighted by atomic mass is 9.95. The Labute approximate surface area is 143 Å². The fourth-order valence-corrected chi connectivity index (χ4v) is 4.14. The average molecular weight is 347 g/mol. The number of thiophene rings is 1. The summed E-state index contributed by atoms with van der Waals surface area (Å²) in [6.07, 6.45) is 4.15. The van der Waals surface area contributed by atoms with Crippen molar-refractivity contribution in [2.24, 2.45) is 0 Å². The van der Waals surface area contributed by atoms with Crippen molar-refractivity contribution in [1.29, 1.82) is 0 Å². The first kappa shape index (κ1) is 16.6. The van der Waals surface area contributed by atoms with Crippen LogP contribution >= 0.6 is 11.3 Å². The van der Waals surface area contributed by atoms with Crippen molar-refractivity contribution in [2.75, 3.05) is 6.54 Å². The minimum atomic E-state index is -1.05. The molecule has 1 heterocycles. The minimum absolute atomic E-state index is 0.0234. The first-order chi connectivity index (χ1) is 11.6. The van der Waals surface area contributed by atoms with Crippen LogP contribution in [0.5, 0.6) is 0 Å². The molecule has 0 bridgehead atoms. The number of carboxylic acids is 1. The van der Waals surface area contributed by atoms with E-state index in [-0.39, 0.29) is 12.5 Å². The zero-order chi connectivity index (χ0) is 17.1. The fraction of sp³-hybridized carbons (Fsp3) is 0.333. The summed E-state index contributed by atoms with van der Waals surface area (Å²) in [5.41, 5.74) is 2.24. The Morgan fingerprint density at radius 3 is 2.62 bits per heavy atom. The van der Waals surface area contributed by atoms with Gasteiger partial charge in [0.25, 0.3) is 5.91 Å². The molecular weight excluding hydrogens is 329 g/mol. The molecule has 1 aromatic carbocycles. The van der Waals surface area contributed by atoms with E-state index in [9.17, 15) is 19.1 Å². The number of carboxylic acid groups (broad SMARTS) is 1. The molecule has 0 saturated carbocycles. The molecule has 0 spiro atoms. The standard InChI is InChI=1S/C18H18FNO3S/c19-12-7-5-11(6-8-12)14(18(22)23)9-20-17(21)15-10-24-16-4-2-1-3-13(15)16/h5-8,10,14H,1-4,9H2,(H,20,21)(H,22,23). The molecule has 1 atom stereocenters. The normalized spacial score (nSPS) is 14.7. The van der Waals surface area contributed by atoms with Gasteiger partial charge in [-0.1, -0.05) is 12.1 Å². The maximum absolute atomic E-state index is 13.0. The highest BCUT2D eigenvalue weighted by molar-refractivity contribution is 7.10. The molecule has 1 unspecified atom stereocenters. The van der Waals surface area contributed by atoms with Gasteiger partial charge in [-0.2, -0.15) is 0 Å². The van der Waals surface area contributed by atoms with Gasteiger partial charge in [-0.3, -0.25) is 9.59 Å². The van der Waals surface area contributed by atoms with E-state index in [0.717, 1.165) is 31.2 Å². The Morgan fingerprint density at radius 1 is 1.21 bits per heavy atom. The number of rotatable bonds is 5. The summed E-state index contributed by atoms with van der Waals surface area (Å²) in [7, 11) is 0. The third-order valence-electron chi connectivity index (χ3n) is 4.34. The van der Waals surface area contributed by atoms with Crippen LogP contribution in [0.1, 0.15) is 45.1 Å². The van der Waals surface area contributed by atoms with E-state index < -0.39 is 17.7 Å².